The van der Waals surface area contributed by atoms with Gasteiger partial charge in [0, 0.05) is 6.04 Å². The van der Waals surface area contributed by atoms with Crippen LogP contribution in [0.3, 0.4) is 0 Å². The number of aromatic nitrogens is 4. The molecule has 0 saturated heterocycles. The molecule has 1 amide bonds. The van der Waals surface area contributed by atoms with Crippen LogP contribution in [0.1, 0.15) is 63.9 Å². The second-order valence-electron chi connectivity index (χ2n) is 9.37. The smallest absolute Gasteiger partial charge is 0.267 e. The fourth-order valence-electron chi connectivity index (χ4n) is 4.84. The van der Waals surface area contributed by atoms with Crippen molar-refractivity contribution in [2.75, 3.05) is 5.75 Å². The Morgan fingerprint density at radius 3 is 2.57 bits per heavy atom. The highest BCUT2D eigenvalue weighted by molar-refractivity contribution is 7.99. The molecule has 1 saturated carbocycles. The molecule has 4 aromatic rings. The maximum Gasteiger partial charge on any atom is 0.267 e. The summed E-state index contributed by atoms with van der Waals surface area (Å²) in [6.07, 6.45) is 6.76. The Kier molecular flexibility index (Phi) is 6.90. The van der Waals surface area contributed by atoms with Gasteiger partial charge in [-0.2, -0.15) is 0 Å². The first kappa shape index (κ1) is 23.6. The van der Waals surface area contributed by atoms with Crippen LogP contribution >= 0.6 is 11.8 Å². The molecule has 35 heavy (non-hydrogen) atoms. The summed E-state index contributed by atoms with van der Waals surface area (Å²) < 4.78 is 3.50. The van der Waals surface area contributed by atoms with E-state index in [0.29, 0.717) is 22.2 Å². The molecule has 2 aromatic heterocycles. The number of nitrogens with zero attached hydrogens (tertiary/aromatic N) is 4. The average molecular weight is 490 g/mol. The van der Waals surface area contributed by atoms with E-state index in [0.717, 1.165) is 30.5 Å². The first-order chi connectivity index (χ1) is 17.1. The predicted octanol–water partition coefficient (Wildman–Crippen LogP) is 5.09. The molecule has 1 N–H and O–H groups in total. The van der Waals surface area contributed by atoms with Gasteiger partial charge in [-0.15, -0.1) is 10.2 Å². The minimum atomic E-state index is -0.136. The zero-order valence-corrected chi connectivity index (χ0v) is 21.1. The number of carbonyl (C=O) groups excluding carboxylic acids is 1. The lowest BCUT2D eigenvalue weighted by atomic mass is 9.95. The number of para-hydroxylation sites is 1. The Balaban J connectivity index is 1.51. The molecule has 182 valence electrons. The molecule has 0 unspecified atom stereocenters. The standard InChI is InChI=1S/C27H31N5O2S/c1-3-18(2)19-13-15-21(16-14-19)31-25(34)22-11-7-8-12-23(22)32-26(31)29-30-27(32)35-17-24(33)28-20-9-5-4-6-10-20/h7-8,11-16,18,20H,3-6,9-10,17H2,1-2H3,(H,28,33)/t18-/m0/s1. The number of fused-ring (bicyclic) bond motifs is 3. The van der Waals surface area contributed by atoms with Crippen LogP contribution in [0.5, 0.6) is 0 Å². The molecule has 1 atom stereocenters. The van der Waals surface area contributed by atoms with E-state index in [1.54, 1.807) is 4.57 Å². The first-order valence-corrected chi connectivity index (χ1v) is 13.5. The lowest BCUT2D eigenvalue weighted by Gasteiger charge is -2.22. The molecule has 8 heteroatoms. The zero-order chi connectivity index (χ0) is 24.4. The molecular formula is C27H31N5O2S. The van der Waals surface area contributed by atoms with Crippen LogP contribution in [0.15, 0.2) is 58.5 Å². The summed E-state index contributed by atoms with van der Waals surface area (Å²) in [5, 5.41) is 13.1. The molecule has 0 radical (unpaired) electrons. The Bertz CT molecular complexity index is 1400. The van der Waals surface area contributed by atoms with Gasteiger partial charge in [0.2, 0.25) is 11.7 Å². The van der Waals surface area contributed by atoms with E-state index in [1.807, 2.05) is 40.8 Å². The van der Waals surface area contributed by atoms with E-state index in [4.69, 9.17) is 0 Å². The third-order valence-corrected chi connectivity index (χ3v) is 7.96. The summed E-state index contributed by atoms with van der Waals surface area (Å²) in [7, 11) is 0. The van der Waals surface area contributed by atoms with Crippen molar-refractivity contribution in [3.8, 4) is 5.69 Å². The Hall–Kier alpha value is -3.13. The van der Waals surface area contributed by atoms with E-state index in [1.165, 1.54) is 36.6 Å². The maximum absolute atomic E-state index is 13.5. The quantitative estimate of drug-likeness (QED) is 0.366. The van der Waals surface area contributed by atoms with Crippen LogP contribution in [0.25, 0.3) is 22.4 Å². The van der Waals surface area contributed by atoms with E-state index in [-0.39, 0.29) is 23.3 Å². The molecule has 1 aliphatic carbocycles. The van der Waals surface area contributed by atoms with Gasteiger partial charge in [-0.25, -0.2) is 4.57 Å². The minimum Gasteiger partial charge on any atom is -0.353 e. The van der Waals surface area contributed by atoms with Gasteiger partial charge in [-0.1, -0.05) is 69.1 Å². The van der Waals surface area contributed by atoms with Gasteiger partial charge in [0.05, 0.1) is 22.3 Å². The summed E-state index contributed by atoms with van der Waals surface area (Å²) >= 11 is 1.35. The molecule has 0 spiro atoms. The van der Waals surface area contributed by atoms with E-state index in [9.17, 15) is 9.59 Å². The number of nitrogens with one attached hydrogen (secondary N) is 1. The Morgan fingerprint density at radius 1 is 1.09 bits per heavy atom. The highest BCUT2D eigenvalue weighted by atomic mass is 32.2. The summed E-state index contributed by atoms with van der Waals surface area (Å²) in [5.74, 6) is 1.17. The van der Waals surface area contributed by atoms with Crippen molar-refractivity contribution < 1.29 is 4.79 Å². The van der Waals surface area contributed by atoms with Crippen molar-refractivity contribution in [1.82, 2.24) is 24.5 Å². The molecular weight excluding hydrogens is 458 g/mol. The fraction of sp³-hybridized carbons (Fsp3) is 0.407. The number of rotatable bonds is 7. The molecule has 1 aliphatic rings. The van der Waals surface area contributed by atoms with Crippen molar-refractivity contribution in [1.29, 1.82) is 0 Å². The van der Waals surface area contributed by atoms with Gasteiger partial charge in [0.15, 0.2) is 5.16 Å². The zero-order valence-electron chi connectivity index (χ0n) is 20.2. The number of benzene rings is 2. The lowest BCUT2D eigenvalue weighted by molar-refractivity contribution is -0.119. The summed E-state index contributed by atoms with van der Waals surface area (Å²) in [6, 6.07) is 15.8. The number of thioether (sulfide) groups is 1. The molecule has 2 heterocycles. The number of hydrogen-bond donors (Lipinski definition) is 1. The summed E-state index contributed by atoms with van der Waals surface area (Å²) in [5.41, 5.74) is 2.59. The Morgan fingerprint density at radius 2 is 1.83 bits per heavy atom. The topological polar surface area (TPSA) is 81.3 Å². The van der Waals surface area contributed by atoms with Crippen molar-refractivity contribution in [3.63, 3.8) is 0 Å². The number of hydrogen-bond acceptors (Lipinski definition) is 5. The highest BCUT2D eigenvalue weighted by Gasteiger charge is 2.20. The highest BCUT2D eigenvalue weighted by Crippen LogP contribution is 2.25. The van der Waals surface area contributed by atoms with Gasteiger partial charge in [0.25, 0.3) is 5.56 Å². The lowest BCUT2D eigenvalue weighted by Crippen LogP contribution is -2.37. The van der Waals surface area contributed by atoms with Crippen molar-refractivity contribution in [2.45, 2.75) is 69.5 Å². The van der Waals surface area contributed by atoms with Crippen molar-refractivity contribution in [3.05, 3.63) is 64.4 Å². The molecule has 2 aromatic carbocycles. The van der Waals surface area contributed by atoms with Gasteiger partial charge >= 0.3 is 0 Å². The molecule has 5 rings (SSSR count). The molecule has 0 aliphatic heterocycles. The van der Waals surface area contributed by atoms with Crippen molar-refractivity contribution >= 4 is 34.3 Å². The monoisotopic (exact) mass is 489 g/mol. The van der Waals surface area contributed by atoms with E-state index >= 15 is 0 Å². The fourth-order valence-corrected chi connectivity index (χ4v) is 5.59. The van der Waals surface area contributed by atoms with Crippen LogP contribution in [0, 0.1) is 0 Å². The van der Waals surface area contributed by atoms with E-state index < -0.39 is 0 Å². The van der Waals surface area contributed by atoms with Crippen LogP contribution in [0.2, 0.25) is 0 Å². The predicted molar refractivity (Wildman–Crippen MR) is 141 cm³/mol. The SMILES string of the molecule is CC[C@H](C)c1ccc(-n2c(=O)c3ccccc3n3c(SCC(=O)NC4CCCCC4)nnc23)cc1. The second kappa shape index (κ2) is 10.2. The minimum absolute atomic E-state index is 0.0110. The second-order valence-corrected chi connectivity index (χ2v) is 10.3. The van der Waals surface area contributed by atoms with Gasteiger partial charge in [0.1, 0.15) is 0 Å². The normalized spacial score (nSPS) is 15.5. The van der Waals surface area contributed by atoms with Gasteiger partial charge in [-0.3, -0.25) is 14.0 Å². The maximum atomic E-state index is 13.5. The van der Waals surface area contributed by atoms with E-state index in [2.05, 4.69) is 41.5 Å². The van der Waals surface area contributed by atoms with Crippen LogP contribution < -0.4 is 10.9 Å². The number of carbonyl (C=O) groups is 1. The third kappa shape index (κ3) is 4.72. The summed E-state index contributed by atoms with van der Waals surface area (Å²) in [4.78, 5) is 26.1. The molecule has 7 nitrogen and oxygen atoms in total. The first-order valence-electron chi connectivity index (χ1n) is 12.5. The molecule has 0 bridgehead atoms. The van der Waals surface area contributed by atoms with Gasteiger partial charge < -0.3 is 5.32 Å². The van der Waals surface area contributed by atoms with Crippen molar-refractivity contribution in [2.24, 2.45) is 0 Å². The van der Waals surface area contributed by atoms with Crippen LogP contribution in [-0.2, 0) is 4.79 Å². The Labute approximate surface area is 208 Å². The largest absolute Gasteiger partial charge is 0.353 e. The average Bonchev–Trinajstić information content (AvgIpc) is 3.32. The number of amides is 1. The third-order valence-electron chi connectivity index (χ3n) is 7.03. The van der Waals surface area contributed by atoms with Crippen LogP contribution in [0.4, 0.5) is 0 Å². The van der Waals surface area contributed by atoms with Gasteiger partial charge in [-0.05, 0) is 55.0 Å². The molecule has 1 fully saturated rings. The summed E-state index contributed by atoms with van der Waals surface area (Å²) in [6.45, 7) is 4.36. The van der Waals surface area contributed by atoms with Crippen LogP contribution in [-0.4, -0.2) is 36.9 Å².